The number of nitrogens with one attached hydrogen (secondary N) is 1. The second-order valence-corrected chi connectivity index (χ2v) is 2.74. The Kier molecular flexibility index (Phi) is 3.65. The van der Waals surface area contributed by atoms with Crippen LogP contribution in [0.4, 0.5) is 0 Å². The maximum absolute atomic E-state index is 3.76. The molecule has 0 amide bonds. The Labute approximate surface area is 58.3 Å². The van der Waals surface area contributed by atoms with Gasteiger partial charge in [0.25, 0.3) is 0 Å². The normalized spacial score (nSPS) is 13.6. The molecule has 1 nitrogen and oxygen atoms in total. The van der Waals surface area contributed by atoms with Crippen LogP contribution in [-0.4, -0.2) is 11.1 Å². The average Bonchev–Trinajstić information content (AvgIpc) is 1.65. The number of hydrogen-bond donors (Lipinski definition) is 1. The summed E-state index contributed by atoms with van der Waals surface area (Å²) in [5, 5.41) is 3.05. The summed E-state index contributed by atoms with van der Waals surface area (Å²) < 4.78 is 0.428. The molecule has 0 spiro atoms. The van der Waals surface area contributed by atoms with E-state index in [2.05, 4.69) is 34.5 Å². The Morgan fingerprint density at radius 1 is 1.86 bits per heavy atom. The summed E-state index contributed by atoms with van der Waals surface area (Å²) in [7, 11) is 1.92. The lowest BCUT2D eigenvalue weighted by Gasteiger charge is -2.04. The molecule has 0 aromatic heterocycles. The highest BCUT2D eigenvalue weighted by Gasteiger charge is 1.95. The number of halogens is 1. The lowest BCUT2D eigenvalue weighted by Crippen LogP contribution is -2.17. The molecule has 7 heavy (non-hydrogen) atoms. The Morgan fingerprint density at radius 3 is 2.29 bits per heavy atom. The van der Waals surface area contributed by atoms with Crippen LogP contribution in [0.1, 0.15) is 6.92 Å². The van der Waals surface area contributed by atoms with Crippen LogP contribution in [0.5, 0.6) is 0 Å². The van der Waals surface area contributed by atoms with Crippen molar-refractivity contribution in [3.8, 4) is 0 Å². The molecule has 0 aliphatic heterocycles. The molecule has 0 aromatic rings. The van der Waals surface area contributed by atoms with Gasteiger partial charge in [-0.25, -0.2) is 0 Å². The molecule has 0 saturated heterocycles. The van der Waals surface area contributed by atoms with Crippen molar-refractivity contribution in [2.75, 3.05) is 7.05 Å². The topological polar surface area (TPSA) is 12.0 Å². The van der Waals surface area contributed by atoms with E-state index in [0.717, 1.165) is 0 Å². The molecule has 0 rings (SSSR count). The molecule has 1 N–H and O–H groups in total. The van der Waals surface area contributed by atoms with Crippen molar-refractivity contribution in [1.82, 2.24) is 5.32 Å². The molecule has 2 heteroatoms. The maximum atomic E-state index is 3.76. The van der Waals surface area contributed by atoms with Gasteiger partial charge in [0.15, 0.2) is 0 Å². The van der Waals surface area contributed by atoms with Gasteiger partial charge in [-0.2, -0.15) is 0 Å². The molecule has 1 unspecified atom stereocenters. The second kappa shape index (κ2) is 3.43. The molecular formula is C5H10IN. The van der Waals surface area contributed by atoms with Crippen molar-refractivity contribution in [2.24, 2.45) is 0 Å². The molecule has 0 aliphatic rings. The van der Waals surface area contributed by atoms with Gasteiger partial charge < -0.3 is 5.32 Å². The predicted molar refractivity (Wildman–Crippen MR) is 41.7 cm³/mol. The fraction of sp³-hybridized carbons (Fsp3) is 0.600. The summed E-state index contributed by atoms with van der Waals surface area (Å²) in [5.74, 6) is 0. The maximum Gasteiger partial charge on any atom is 0.0801 e. The first-order chi connectivity index (χ1) is 3.18. The van der Waals surface area contributed by atoms with E-state index in [-0.39, 0.29) is 0 Å². The van der Waals surface area contributed by atoms with Crippen LogP contribution in [0.15, 0.2) is 12.2 Å². The van der Waals surface area contributed by atoms with Gasteiger partial charge in [-0.15, -0.1) is 0 Å². The lowest BCUT2D eigenvalue weighted by atomic mass is 10.4. The molecule has 0 aliphatic carbocycles. The minimum atomic E-state index is 0.428. The van der Waals surface area contributed by atoms with Crippen molar-refractivity contribution in [3.63, 3.8) is 0 Å². The van der Waals surface area contributed by atoms with Gasteiger partial charge in [0.2, 0.25) is 0 Å². The van der Waals surface area contributed by atoms with Crippen LogP contribution in [0, 0.1) is 0 Å². The minimum absolute atomic E-state index is 0.428. The first kappa shape index (κ1) is 7.43. The Hall–Kier alpha value is 0.430. The summed E-state index contributed by atoms with van der Waals surface area (Å²) in [6.45, 7) is 5.76. The smallest absolute Gasteiger partial charge is 0.0801 e. The highest BCUT2D eigenvalue weighted by molar-refractivity contribution is 14.1. The van der Waals surface area contributed by atoms with E-state index in [1.807, 2.05) is 14.0 Å². The lowest BCUT2D eigenvalue weighted by molar-refractivity contribution is 0.856. The van der Waals surface area contributed by atoms with Gasteiger partial charge in [0.05, 0.1) is 4.05 Å². The van der Waals surface area contributed by atoms with E-state index in [0.29, 0.717) is 4.05 Å². The fourth-order valence-electron chi connectivity index (χ4n) is 0.246. The van der Waals surface area contributed by atoms with Gasteiger partial charge in [-0.1, -0.05) is 34.7 Å². The van der Waals surface area contributed by atoms with E-state index in [4.69, 9.17) is 0 Å². The summed E-state index contributed by atoms with van der Waals surface area (Å²) >= 11 is 2.28. The predicted octanol–water partition coefficient (Wildman–Crippen LogP) is 1.54. The van der Waals surface area contributed by atoms with Gasteiger partial charge in [0, 0.05) is 0 Å². The number of hydrogen-bond acceptors (Lipinski definition) is 1. The van der Waals surface area contributed by atoms with Crippen molar-refractivity contribution in [3.05, 3.63) is 12.2 Å². The molecule has 0 fully saturated rings. The van der Waals surface area contributed by atoms with Gasteiger partial charge in [-0.3, -0.25) is 0 Å². The molecule has 0 saturated carbocycles. The summed E-state index contributed by atoms with van der Waals surface area (Å²) in [4.78, 5) is 0. The molecule has 0 aromatic carbocycles. The highest BCUT2D eigenvalue weighted by Crippen LogP contribution is 2.03. The van der Waals surface area contributed by atoms with Crippen molar-refractivity contribution >= 4 is 22.6 Å². The van der Waals surface area contributed by atoms with E-state index in [9.17, 15) is 0 Å². The molecule has 42 valence electrons. The average molecular weight is 211 g/mol. The van der Waals surface area contributed by atoms with Gasteiger partial charge in [0.1, 0.15) is 0 Å². The summed E-state index contributed by atoms with van der Waals surface area (Å²) in [6.07, 6.45) is 0. The molecule has 1 atom stereocenters. The third-order valence-corrected chi connectivity index (χ3v) is 2.37. The van der Waals surface area contributed by atoms with E-state index in [1.54, 1.807) is 0 Å². The standard InChI is InChI=1S/C5H10IN/c1-4(2)5(6)7-3/h5,7H,1H2,2-3H3. The van der Waals surface area contributed by atoms with Gasteiger partial charge in [-0.05, 0) is 14.0 Å². The monoisotopic (exact) mass is 211 g/mol. The van der Waals surface area contributed by atoms with Crippen LogP contribution in [0.3, 0.4) is 0 Å². The quantitative estimate of drug-likeness (QED) is 0.316. The van der Waals surface area contributed by atoms with Crippen LogP contribution in [0.25, 0.3) is 0 Å². The summed E-state index contributed by atoms with van der Waals surface area (Å²) in [6, 6.07) is 0. The van der Waals surface area contributed by atoms with Crippen LogP contribution in [-0.2, 0) is 0 Å². The molecule has 0 radical (unpaired) electrons. The van der Waals surface area contributed by atoms with Crippen LogP contribution < -0.4 is 5.32 Å². The second-order valence-electron chi connectivity index (χ2n) is 1.50. The SMILES string of the molecule is C=C(C)C(I)NC. The van der Waals surface area contributed by atoms with Crippen LogP contribution in [0.2, 0.25) is 0 Å². The minimum Gasteiger partial charge on any atom is -0.305 e. The van der Waals surface area contributed by atoms with Gasteiger partial charge >= 0.3 is 0 Å². The Bertz CT molecular complexity index is 70.5. The molecule has 0 heterocycles. The van der Waals surface area contributed by atoms with E-state index in [1.165, 1.54) is 5.57 Å². The molecular weight excluding hydrogens is 201 g/mol. The van der Waals surface area contributed by atoms with E-state index >= 15 is 0 Å². The number of likely N-dealkylation sites (N-methyl/N-ethyl adjacent to an activating group) is 1. The third kappa shape index (κ3) is 3.05. The van der Waals surface area contributed by atoms with Crippen molar-refractivity contribution in [2.45, 2.75) is 11.0 Å². The first-order valence-corrected chi connectivity index (χ1v) is 3.39. The Morgan fingerprint density at radius 2 is 2.29 bits per heavy atom. The number of rotatable bonds is 2. The first-order valence-electron chi connectivity index (χ1n) is 2.15. The van der Waals surface area contributed by atoms with E-state index < -0.39 is 0 Å². The van der Waals surface area contributed by atoms with Crippen molar-refractivity contribution in [1.29, 1.82) is 0 Å². The fourth-order valence-corrected chi connectivity index (χ4v) is 0.246. The number of alkyl halides is 1. The zero-order valence-electron chi connectivity index (χ0n) is 4.66. The third-order valence-electron chi connectivity index (χ3n) is 0.686. The zero-order chi connectivity index (χ0) is 5.86. The molecule has 0 bridgehead atoms. The Balaban J connectivity index is 3.34. The largest absolute Gasteiger partial charge is 0.305 e. The van der Waals surface area contributed by atoms with Crippen LogP contribution >= 0.6 is 22.6 Å². The summed E-state index contributed by atoms with van der Waals surface area (Å²) in [5.41, 5.74) is 1.17. The highest BCUT2D eigenvalue weighted by atomic mass is 127. The zero-order valence-corrected chi connectivity index (χ0v) is 6.82. The van der Waals surface area contributed by atoms with Crippen molar-refractivity contribution < 1.29 is 0 Å².